The highest BCUT2D eigenvalue weighted by Crippen LogP contribution is 2.40. The summed E-state index contributed by atoms with van der Waals surface area (Å²) < 4.78 is 20.7. The topological polar surface area (TPSA) is 56.8 Å². The number of nitrogens with one attached hydrogen (secondary N) is 1. The Morgan fingerprint density at radius 1 is 0.458 bits per heavy atom. The molecule has 0 aromatic heterocycles. The largest absolute Gasteiger partial charge is 0.414 e. The maximum Gasteiger partial charge on any atom is 0.220 e. The number of hydrogen-bond donors (Lipinski definition) is 1. The average molecular weight is 730 g/mol. The zero-order valence-electron chi connectivity index (χ0n) is 35.6. The van der Waals surface area contributed by atoms with Crippen molar-refractivity contribution in [3.05, 3.63) is 0 Å². The summed E-state index contributed by atoms with van der Waals surface area (Å²) in [4.78, 5) is 13.7. The van der Waals surface area contributed by atoms with Crippen LogP contribution in [0.5, 0.6) is 0 Å². The van der Waals surface area contributed by atoms with E-state index in [0.29, 0.717) is 26.2 Å². The molecule has 0 rings (SSSR count). The molecule has 0 aromatic carbocycles. The van der Waals surface area contributed by atoms with E-state index in [4.69, 9.17) is 13.3 Å². The minimum atomic E-state index is -2.09. The second-order valence-electron chi connectivity index (χ2n) is 19.7. The Kier molecular flexibility index (Phi) is 21.5. The van der Waals surface area contributed by atoms with Crippen LogP contribution in [0, 0.1) is 0 Å². The Bertz CT molecular complexity index is 795. The van der Waals surface area contributed by atoms with Crippen molar-refractivity contribution in [3.8, 4) is 0 Å². The summed E-state index contributed by atoms with van der Waals surface area (Å²) in [6.07, 6.45) is 20.4. The third-order valence-electron chi connectivity index (χ3n) is 12.0. The van der Waals surface area contributed by atoms with Crippen molar-refractivity contribution in [1.82, 2.24) is 5.32 Å². The van der Waals surface area contributed by atoms with Crippen LogP contribution in [0.1, 0.15) is 172 Å². The van der Waals surface area contributed by atoms with Crippen molar-refractivity contribution in [2.45, 2.75) is 232 Å². The zero-order chi connectivity index (χ0) is 37.3. The van der Waals surface area contributed by atoms with Gasteiger partial charge in [-0.3, -0.25) is 4.79 Å². The molecular weight excluding hydrogens is 643 g/mol. The minimum absolute atomic E-state index is 0.0667. The van der Waals surface area contributed by atoms with E-state index in [-0.39, 0.29) is 21.0 Å². The lowest BCUT2D eigenvalue weighted by atomic mass is 10.0. The van der Waals surface area contributed by atoms with Gasteiger partial charge in [-0.25, -0.2) is 0 Å². The Morgan fingerprint density at radius 3 is 0.958 bits per heavy atom. The molecule has 0 bridgehead atoms. The first-order chi connectivity index (χ1) is 21.8. The van der Waals surface area contributed by atoms with Crippen LogP contribution in [0.3, 0.4) is 0 Å². The summed E-state index contributed by atoms with van der Waals surface area (Å²) in [6.45, 7) is 37.7. The lowest BCUT2D eigenvalue weighted by Gasteiger charge is -2.46. The summed E-state index contributed by atoms with van der Waals surface area (Å²) in [5, 5.41) is 3.70. The molecule has 0 saturated carbocycles. The number of carbonyl (C=O) groups excluding carboxylic acids is 1. The second kappa shape index (κ2) is 21.5. The quantitative estimate of drug-likeness (QED) is 0.0711. The predicted octanol–water partition coefficient (Wildman–Crippen LogP) is 13.2. The van der Waals surface area contributed by atoms with Crippen molar-refractivity contribution in [3.63, 3.8) is 0 Å². The SMILES string of the molecule is CCCCCCCCCCCCCCCCCC(=O)NC(CO[Si](C)(C)C(C)(C)C)(CO[Si](C)(C)C(C)(C)C)CO[Si](C)(C)C(C)(C)C. The van der Waals surface area contributed by atoms with Crippen LogP contribution in [-0.2, 0) is 18.1 Å². The molecule has 0 atom stereocenters. The van der Waals surface area contributed by atoms with Gasteiger partial charge in [0.2, 0.25) is 5.91 Å². The molecule has 48 heavy (non-hydrogen) atoms. The molecule has 1 N–H and O–H groups in total. The zero-order valence-corrected chi connectivity index (χ0v) is 38.6. The van der Waals surface area contributed by atoms with E-state index in [1.54, 1.807) is 0 Å². The molecule has 0 heterocycles. The summed E-state index contributed by atoms with van der Waals surface area (Å²) >= 11 is 0. The van der Waals surface area contributed by atoms with E-state index in [1.165, 1.54) is 83.5 Å². The van der Waals surface area contributed by atoms with Gasteiger partial charge in [0.1, 0.15) is 5.54 Å². The van der Waals surface area contributed by atoms with Gasteiger partial charge in [0.15, 0.2) is 25.0 Å². The van der Waals surface area contributed by atoms with Gasteiger partial charge in [-0.2, -0.15) is 0 Å². The predicted molar refractivity (Wildman–Crippen MR) is 220 cm³/mol. The highest BCUT2D eigenvalue weighted by atomic mass is 28.4. The standard InChI is InChI=1S/C40H87NO4Si3/c1-17-18-19-20-21-22-23-24-25-26-27-28-29-30-31-32-36(42)41-40(33-43-46(11,12)37(2,3)4,34-44-47(13,14)38(5,6)7)35-45-48(15,16)39(8,9)10/h17-35H2,1-16H3,(H,41,42). The summed E-state index contributed by atoms with van der Waals surface area (Å²) in [5.74, 6) is 0.0983. The Morgan fingerprint density at radius 2 is 0.708 bits per heavy atom. The van der Waals surface area contributed by atoms with Gasteiger partial charge < -0.3 is 18.6 Å². The molecule has 8 heteroatoms. The molecule has 5 nitrogen and oxygen atoms in total. The van der Waals surface area contributed by atoms with Gasteiger partial charge in [0.25, 0.3) is 0 Å². The molecule has 0 spiro atoms. The van der Waals surface area contributed by atoms with Crippen molar-refractivity contribution >= 4 is 30.9 Å². The monoisotopic (exact) mass is 730 g/mol. The molecule has 0 saturated heterocycles. The second-order valence-corrected chi connectivity index (χ2v) is 34.1. The smallest absolute Gasteiger partial charge is 0.220 e. The van der Waals surface area contributed by atoms with E-state index >= 15 is 0 Å². The van der Waals surface area contributed by atoms with E-state index < -0.39 is 30.5 Å². The third kappa shape index (κ3) is 19.0. The molecule has 0 radical (unpaired) electrons. The summed E-state index contributed by atoms with van der Waals surface area (Å²) in [7, 11) is -6.28. The fourth-order valence-corrected chi connectivity index (χ4v) is 8.06. The van der Waals surface area contributed by atoms with Gasteiger partial charge in [0, 0.05) is 6.42 Å². The highest BCUT2D eigenvalue weighted by Gasteiger charge is 2.46. The van der Waals surface area contributed by atoms with Crippen LogP contribution >= 0.6 is 0 Å². The lowest BCUT2D eigenvalue weighted by Crippen LogP contribution is -2.63. The summed E-state index contributed by atoms with van der Waals surface area (Å²) in [5.41, 5.74) is -0.729. The maximum atomic E-state index is 13.7. The van der Waals surface area contributed by atoms with E-state index in [1.807, 2.05) is 0 Å². The molecule has 0 aliphatic rings. The molecule has 0 aliphatic carbocycles. The van der Waals surface area contributed by atoms with Crippen molar-refractivity contribution in [2.75, 3.05) is 19.8 Å². The third-order valence-corrected chi connectivity index (χ3v) is 25.4. The fraction of sp³-hybridized carbons (Fsp3) is 0.975. The van der Waals surface area contributed by atoms with E-state index in [0.717, 1.165) is 12.8 Å². The normalized spacial score (nSPS) is 14.1. The first-order valence-electron chi connectivity index (χ1n) is 20.1. The minimum Gasteiger partial charge on any atom is -0.414 e. The van der Waals surface area contributed by atoms with E-state index in [9.17, 15) is 4.79 Å². The number of hydrogen-bond acceptors (Lipinski definition) is 4. The maximum absolute atomic E-state index is 13.7. The molecule has 0 aliphatic heterocycles. The molecule has 0 aromatic rings. The van der Waals surface area contributed by atoms with Crippen LogP contribution in [-0.4, -0.2) is 56.2 Å². The number of amides is 1. The van der Waals surface area contributed by atoms with Crippen molar-refractivity contribution < 1.29 is 18.1 Å². The molecule has 288 valence electrons. The first kappa shape index (κ1) is 48.0. The number of carbonyl (C=O) groups is 1. The Balaban J connectivity index is 5.37. The number of rotatable bonds is 26. The average Bonchev–Trinajstić information content (AvgIpc) is 2.94. The molecule has 0 fully saturated rings. The van der Waals surface area contributed by atoms with Crippen LogP contribution in [0.15, 0.2) is 0 Å². The highest BCUT2D eigenvalue weighted by molar-refractivity contribution is 6.75. The fourth-order valence-electron chi connectivity index (χ4n) is 4.85. The van der Waals surface area contributed by atoms with Gasteiger partial charge >= 0.3 is 0 Å². The molecule has 1 amide bonds. The van der Waals surface area contributed by atoms with Crippen LogP contribution in [0.2, 0.25) is 54.4 Å². The van der Waals surface area contributed by atoms with Gasteiger partial charge in [-0.1, -0.05) is 159 Å². The first-order valence-corrected chi connectivity index (χ1v) is 28.8. The summed E-state index contributed by atoms with van der Waals surface area (Å²) in [6, 6.07) is 0. The van der Waals surface area contributed by atoms with E-state index in [2.05, 4.69) is 114 Å². The molecule has 0 unspecified atom stereocenters. The Hall–Kier alpha value is 0.000649. The van der Waals surface area contributed by atoms with Crippen LogP contribution in [0.4, 0.5) is 0 Å². The van der Waals surface area contributed by atoms with Gasteiger partial charge in [-0.15, -0.1) is 0 Å². The van der Waals surface area contributed by atoms with Crippen LogP contribution < -0.4 is 5.32 Å². The van der Waals surface area contributed by atoms with Gasteiger partial charge in [-0.05, 0) is 60.8 Å². The molecular formula is C40H87NO4Si3. The van der Waals surface area contributed by atoms with Crippen molar-refractivity contribution in [1.29, 1.82) is 0 Å². The lowest BCUT2D eigenvalue weighted by molar-refractivity contribution is -0.125. The Labute approximate surface area is 305 Å². The van der Waals surface area contributed by atoms with Crippen LogP contribution in [0.25, 0.3) is 0 Å². The van der Waals surface area contributed by atoms with Gasteiger partial charge in [0.05, 0.1) is 19.8 Å². The van der Waals surface area contributed by atoms with Crippen molar-refractivity contribution in [2.24, 2.45) is 0 Å². The number of unbranched alkanes of at least 4 members (excludes halogenated alkanes) is 14.